The van der Waals surface area contributed by atoms with E-state index in [4.69, 9.17) is 9.47 Å². The van der Waals surface area contributed by atoms with Crippen LogP contribution in [0.3, 0.4) is 0 Å². The molecule has 22 heavy (non-hydrogen) atoms. The van der Waals surface area contributed by atoms with Crippen molar-refractivity contribution in [2.75, 3.05) is 26.5 Å². The monoisotopic (exact) mass is 321 g/mol. The zero-order chi connectivity index (χ0) is 15.9. The van der Waals surface area contributed by atoms with Crippen molar-refractivity contribution in [3.63, 3.8) is 0 Å². The lowest BCUT2D eigenvalue weighted by Crippen LogP contribution is -2.25. The topological polar surface area (TPSA) is 55.2 Å². The van der Waals surface area contributed by atoms with E-state index in [1.165, 1.54) is 0 Å². The summed E-state index contributed by atoms with van der Waals surface area (Å²) in [6, 6.07) is 5.83. The first-order chi connectivity index (χ1) is 10.6. The number of nitrogens with one attached hydrogen (secondary N) is 1. The van der Waals surface area contributed by atoms with E-state index >= 15 is 0 Å². The molecule has 1 aliphatic rings. The van der Waals surface area contributed by atoms with E-state index in [0.29, 0.717) is 11.7 Å². The van der Waals surface area contributed by atoms with Gasteiger partial charge in [0.2, 0.25) is 0 Å². The van der Waals surface area contributed by atoms with Crippen LogP contribution >= 0.6 is 11.8 Å². The zero-order valence-corrected chi connectivity index (χ0v) is 14.4. The molecule has 0 amide bonds. The molecule has 0 saturated heterocycles. The van der Waals surface area contributed by atoms with Crippen LogP contribution in [-0.2, 0) is 0 Å². The second-order valence-corrected chi connectivity index (χ2v) is 6.36. The summed E-state index contributed by atoms with van der Waals surface area (Å²) < 4.78 is 10.6. The summed E-state index contributed by atoms with van der Waals surface area (Å²) in [5.41, 5.74) is 5.04. The molecule has 6 heteroatoms. The van der Waals surface area contributed by atoms with Gasteiger partial charge in [-0.05, 0) is 30.5 Å². The highest BCUT2D eigenvalue weighted by Gasteiger charge is 2.15. The lowest BCUT2D eigenvalue weighted by atomic mass is 10.1. The number of ether oxygens (including phenoxy) is 2. The minimum Gasteiger partial charge on any atom is -0.493 e. The van der Waals surface area contributed by atoms with Crippen LogP contribution in [0.15, 0.2) is 28.3 Å². The average molecular weight is 321 g/mol. The van der Waals surface area contributed by atoms with Crippen LogP contribution < -0.4 is 14.9 Å². The molecule has 120 valence electrons. The van der Waals surface area contributed by atoms with Crippen molar-refractivity contribution >= 4 is 22.6 Å². The maximum Gasteiger partial charge on any atom is 0.177 e. The third-order valence-electron chi connectivity index (χ3n) is 3.31. The van der Waals surface area contributed by atoms with Gasteiger partial charge >= 0.3 is 0 Å². The molecule has 0 aliphatic carbocycles. The van der Waals surface area contributed by atoms with E-state index in [1.54, 1.807) is 26.0 Å². The molecule has 1 aliphatic heterocycles. The molecule has 2 rings (SSSR count). The van der Waals surface area contributed by atoms with Gasteiger partial charge in [-0.3, -0.25) is 10.4 Å². The van der Waals surface area contributed by atoms with Crippen LogP contribution in [-0.4, -0.2) is 37.4 Å². The highest BCUT2D eigenvalue weighted by Crippen LogP contribution is 2.28. The van der Waals surface area contributed by atoms with E-state index in [9.17, 15) is 0 Å². The van der Waals surface area contributed by atoms with Crippen LogP contribution in [0.2, 0.25) is 0 Å². The van der Waals surface area contributed by atoms with Gasteiger partial charge in [-0.15, -0.1) is 0 Å². The number of methoxy groups -OCH3 is 2. The maximum atomic E-state index is 5.33. The molecule has 0 aromatic heterocycles. The standard InChI is InChI=1S/C16H23N3O2S/c1-11(2)7-8-17-16-19-18-13(10-22-16)12-5-6-14(20-3)15(9-12)21-4/h5-6,9,11H,7-8,10H2,1-4H3,(H,17,19). The lowest BCUT2D eigenvalue weighted by Gasteiger charge is -2.16. The minimum absolute atomic E-state index is 0.670. The van der Waals surface area contributed by atoms with Gasteiger partial charge in [0.1, 0.15) is 0 Å². The van der Waals surface area contributed by atoms with Crippen molar-refractivity contribution in [1.82, 2.24) is 5.43 Å². The smallest absolute Gasteiger partial charge is 0.177 e. The number of hydrazone groups is 1. The van der Waals surface area contributed by atoms with Crippen LogP contribution in [0.5, 0.6) is 11.5 Å². The third kappa shape index (κ3) is 4.40. The van der Waals surface area contributed by atoms with E-state index in [-0.39, 0.29) is 0 Å². The summed E-state index contributed by atoms with van der Waals surface area (Å²) in [7, 11) is 3.27. The minimum atomic E-state index is 0.670. The Morgan fingerprint density at radius 2 is 2.05 bits per heavy atom. The number of benzene rings is 1. The summed E-state index contributed by atoms with van der Waals surface area (Å²) in [6.07, 6.45) is 1.10. The SMILES string of the molecule is COc1ccc(C2=NNC(=NCCC(C)C)SC2)cc1OC. The van der Waals surface area contributed by atoms with Gasteiger partial charge in [-0.25, -0.2) is 0 Å². The Morgan fingerprint density at radius 1 is 1.27 bits per heavy atom. The van der Waals surface area contributed by atoms with Crippen molar-refractivity contribution in [2.24, 2.45) is 16.0 Å². The molecule has 0 radical (unpaired) electrons. The van der Waals surface area contributed by atoms with Crippen molar-refractivity contribution < 1.29 is 9.47 Å². The van der Waals surface area contributed by atoms with Crippen molar-refractivity contribution in [2.45, 2.75) is 20.3 Å². The van der Waals surface area contributed by atoms with Crippen LogP contribution in [0.25, 0.3) is 0 Å². The predicted octanol–water partition coefficient (Wildman–Crippen LogP) is 3.15. The Balaban J connectivity index is 2.04. The van der Waals surface area contributed by atoms with Gasteiger partial charge in [-0.1, -0.05) is 25.6 Å². The maximum absolute atomic E-state index is 5.33. The molecule has 1 aromatic carbocycles. The Labute approximate surface area is 136 Å². The second-order valence-electron chi connectivity index (χ2n) is 5.40. The Kier molecular flexibility index (Phi) is 6.12. The van der Waals surface area contributed by atoms with Crippen molar-refractivity contribution in [3.8, 4) is 11.5 Å². The summed E-state index contributed by atoms with van der Waals surface area (Å²) in [5.74, 6) is 2.90. The van der Waals surface area contributed by atoms with Crippen molar-refractivity contribution in [1.29, 1.82) is 0 Å². The molecule has 5 nitrogen and oxygen atoms in total. The fourth-order valence-corrected chi connectivity index (χ4v) is 2.78. The van der Waals surface area contributed by atoms with Crippen LogP contribution in [0, 0.1) is 5.92 Å². The number of amidine groups is 1. The fraction of sp³-hybridized carbons (Fsp3) is 0.500. The Hall–Kier alpha value is -1.69. The van der Waals surface area contributed by atoms with Crippen LogP contribution in [0.1, 0.15) is 25.8 Å². The highest BCUT2D eigenvalue weighted by atomic mass is 32.2. The molecule has 0 bridgehead atoms. The molecule has 0 atom stereocenters. The summed E-state index contributed by atoms with van der Waals surface area (Å²) in [6.45, 7) is 5.25. The van der Waals surface area contributed by atoms with E-state index in [1.807, 2.05) is 18.2 Å². The first-order valence-electron chi connectivity index (χ1n) is 7.36. The number of rotatable bonds is 6. The molecule has 1 aromatic rings. The first-order valence-corrected chi connectivity index (χ1v) is 8.34. The second kappa shape index (κ2) is 8.08. The number of aliphatic imine (C=N–C) groups is 1. The van der Waals surface area contributed by atoms with Gasteiger partial charge < -0.3 is 9.47 Å². The number of hydrogen-bond acceptors (Lipinski definition) is 5. The molecule has 1 N–H and O–H groups in total. The molecular weight excluding hydrogens is 298 g/mol. The normalized spacial score (nSPS) is 16.4. The molecular formula is C16H23N3O2S. The van der Waals surface area contributed by atoms with E-state index in [0.717, 1.165) is 40.9 Å². The van der Waals surface area contributed by atoms with Crippen LogP contribution in [0.4, 0.5) is 0 Å². The first kappa shape index (κ1) is 16.7. The van der Waals surface area contributed by atoms with Gasteiger partial charge in [0.15, 0.2) is 16.7 Å². The number of thioether (sulfide) groups is 1. The zero-order valence-electron chi connectivity index (χ0n) is 13.5. The number of hydrogen-bond donors (Lipinski definition) is 1. The summed E-state index contributed by atoms with van der Waals surface area (Å²) in [5, 5.41) is 5.32. The van der Waals surface area contributed by atoms with Gasteiger partial charge in [0.05, 0.1) is 19.9 Å². The quantitative estimate of drug-likeness (QED) is 0.874. The Morgan fingerprint density at radius 3 is 2.64 bits per heavy atom. The van der Waals surface area contributed by atoms with E-state index in [2.05, 4.69) is 29.4 Å². The predicted molar refractivity (Wildman–Crippen MR) is 93.4 cm³/mol. The highest BCUT2D eigenvalue weighted by molar-refractivity contribution is 8.14. The molecule has 1 heterocycles. The lowest BCUT2D eigenvalue weighted by molar-refractivity contribution is 0.355. The fourth-order valence-electron chi connectivity index (χ4n) is 1.99. The van der Waals surface area contributed by atoms with Gasteiger partial charge in [0, 0.05) is 17.9 Å². The Bertz CT molecular complexity index is 571. The van der Waals surface area contributed by atoms with Gasteiger partial charge in [-0.2, -0.15) is 5.10 Å². The van der Waals surface area contributed by atoms with Gasteiger partial charge in [0.25, 0.3) is 0 Å². The summed E-state index contributed by atoms with van der Waals surface area (Å²) in [4.78, 5) is 4.53. The molecule has 0 spiro atoms. The molecule has 0 fully saturated rings. The molecule has 0 unspecified atom stereocenters. The average Bonchev–Trinajstić information content (AvgIpc) is 2.54. The summed E-state index contributed by atoms with van der Waals surface area (Å²) >= 11 is 1.68. The number of nitrogens with zero attached hydrogens (tertiary/aromatic N) is 2. The molecule has 0 saturated carbocycles. The largest absolute Gasteiger partial charge is 0.493 e. The van der Waals surface area contributed by atoms with E-state index < -0.39 is 0 Å². The third-order valence-corrected chi connectivity index (χ3v) is 4.22. The van der Waals surface area contributed by atoms with Crippen molar-refractivity contribution in [3.05, 3.63) is 23.8 Å².